The molecule has 3 heterocycles. The van der Waals surface area contributed by atoms with E-state index in [9.17, 15) is 9.59 Å². The molecule has 2 aromatic heterocycles. The van der Waals surface area contributed by atoms with Crippen LogP contribution < -0.4 is 10.6 Å². The summed E-state index contributed by atoms with van der Waals surface area (Å²) in [5.74, 6) is 0.862. The minimum Gasteiger partial charge on any atom is -0.352 e. The van der Waals surface area contributed by atoms with E-state index in [4.69, 9.17) is 4.98 Å². The van der Waals surface area contributed by atoms with Crippen LogP contribution in [0.15, 0.2) is 40.7 Å². The monoisotopic (exact) mass is 493 g/mol. The summed E-state index contributed by atoms with van der Waals surface area (Å²) in [6, 6.07) is 9.75. The molecule has 0 fully saturated rings. The van der Waals surface area contributed by atoms with E-state index >= 15 is 0 Å². The molecule has 0 spiro atoms. The lowest BCUT2D eigenvalue weighted by molar-refractivity contribution is -0.123. The van der Waals surface area contributed by atoms with E-state index in [0.717, 1.165) is 36.1 Å². The Kier molecular flexibility index (Phi) is 8.00. The number of fused-ring (bicyclic) bond motifs is 1. The van der Waals surface area contributed by atoms with Crippen LogP contribution in [-0.2, 0) is 11.2 Å². The Bertz CT molecular complexity index is 1190. The highest BCUT2D eigenvalue weighted by Gasteiger charge is 2.25. The molecule has 2 amide bonds. The summed E-state index contributed by atoms with van der Waals surface area (Å²) in [6.07, 6.45) is 5.17. The van der Waals surface area contributed by atoms with E-state index in [1.807, 2.05) is 32.0 Å². The molecule has 1 aliphatic rings. The number of nitrogens with one attached hydrogen (secondary N) is 2. The third-order valence-corrected chi connectivity index (χ3v) is 7.30. The van der Waals surface area contributed by atoms with Gasteiger partial charge in [-0.25, -0.2) is 4.98 Å². The second-order valence-corrected chi connectivity index (χ2v) is 10.6. The Morgan fingerprint density at radius 2 is 1.94 bits per heavy atom. The van der Waals surface area contributed by atoms with Crippen molar-refractivity contribution >= 4 is 40.4 Å². The number of benzene rings is 1. The van der Waals surface area contributed by atoms with Gasteiger partial charge in [-0.05, 0) is 54.8 Å². The molecule has 0 saturated heterocycles. The van der Waals surface area contributed by atoms with Gasteiger partial charge >= 0.3 is 0 Å². The molecule has 4 rings (SSSR count). The Balaban J connectivity index is 1.58. The zero-order chi connectivity index (χ0) is 24.9. The standard InChI is InChI=1S/C27H35N5O2S/c1-5-20(6-2)32-24-10-9-18(13-22(24)30-25(32)14-21-8-7-11-35-21)26(33)31-23(12-17(3)4)27(34)29-16-19-15-28-19/h7-11,13,15,17,19-20,23H,5-6,12,14,16H2,1-4H3,(H,29,34)(H,31,33). The summed E-state index contributed by atoms with van der Waals surface area (Å²) in [7, 11) is 0. The van der Waals surface area contributed by atoms with Gasteiger partial charge in [0.1, 0.15) is 17.9 Å². The summed E-state index contributed by atoms with van der Waals surface area (Å²) in [4.78, 5) is 36.2. The number of carbonyl (C=O) groups excluding carboxylic acids is 2. The summed E-state index contributed by atoms with van der Waals surface area (Å²) in [5, 5.41) is 7.94. The van der Waals surface area contributed by atoms with Crippen LogP contribution in [0.1, 0.15) is 74.1 Å². The summed E-state index contributed by atoms with van der Waals surface area (Å²) in [6.45, 7) is 8.97. The average molecular weight is 494 g/mol. The molecule has 0 radical (unpaired) electrons. The van der Waals surface area contributed by atoms with E-state index in [1.165, 1.54) is 4.88 Å². The summed E-state index contributed by atoms with van der Waals surface area (Å²) >= 11 is 1.73. The second kappa shape index (κ2) is 11.2. The fraction of sp³-hybridized carbons (Fsp3) is 0.481. The van der Waals surface area contributed by atoms with Crippen LogP contribution in [0.5, 0.6) is 0 Å². The fourth-order valence-corrected chi connectivity index (χ4v) is 5.19. The SMILES string of the molecule is CCC(CC)n1c(Cc2cccs2)nc2cc(C(=O)NC(CC(C)C)C(=O)NCC3C=N3)ccc21. The van der Waals surface area contributed by atoms with Crippen LogP contribution in [0, 0.1) is 5.92 Å². The second-order valence-electron chi connectivity index (χ2n) is 9.59. The zero-order valence-corrected chi connectivity index (χ0v) is 21.8. The van der Waals surface area contributed by atoms with Crippen molar-refractivity contribution in [1.29, 1.82) is 0 Å². The van der Waals surface area contributed by atoms with Gasteiger partial charge < -0.3 is 15.2 Å². The smallest absolute Gasteiger partial charge is 0.252 e. The van der Waals surface area contributed by atoms with Gasteiger partial charge in [0.25, 0.3) is 5.91 Å². The third-order valence-electron chi connectivity index (χ3n) is 6.42. The van der Waals surface area contributed by atoms with Crippen LogP contribution in [0.2, 0.25) is 0 Å². The van der Waals surface area contributed by atoms with Gasteiger partial charge in [0.05, 0.1) is 11.0 Å². The predicted octanol–water partition coefficient (Wildman–Crippen LogP) is 4.76. The number of carbonyl (C=O) groups is 2. The van der Waals surface area contributed by atoms with Crippen LogP contribution in [-0.4, -0.2) is 46.2 Å². The summed E-state index contributed by atoms with van der Waals surface area (Å²) < 4.78 is 2.34. The van der Waals surface area contributed by atoms with Crippen molar-refractivity contribution in [2.45, 2.75) is 71.5 Å². The molecule has 2 N–H and O–H groups in total. The maximum atomic E-state index is 13.2. The molecule has 0 bridgehead atoms. The predicted molar refractivity (Wildman–Crippen MR) is 142 cm³/mol. The molecular weight excluding hydrogens is 458 g/mol. The number of aliphatic imine (C=N–C) groups is 1. The lowest BCUT2D eigenvalue weighted by Crippen LogP contribution is -2.48. The van der Waals surface area contributed by atoms with Crippen molar-refractivity contribution < 1.29 is 9.59 Å². The number of thiophene rings is 1. The number of nitrogens with zero attached hydrogens (tertiary/aromatic N) is 3. The van der Waals surface area contributed by atoms with Gasteiger partial charge in [-0.15, -0.1) is 11.3 Å². The molecule has 7 nitrogen and oxygen atoms in total. The van der Waals surface area contributed by atoms with Gasteiger partial charge in [0, 0.05) is 35.7 Å². The first kappa shape index (κ1) is 25.1. The van der Waals surface area contributed by atoms with Crippen molar-refractivity contribution in [3.63, 3.8) is 0 Å². The molecule has 35 heavy (non-hydrogen) atoms. The first-order chi connectivity index (χ1) is 16.9. The third kappa shape index (κ3) is 6.17. The quantitative estimate of drug-likeness (QED) is 0.381. The Morgan fingerprint density at radius 1 is 1.17 bits per heavy atom. The number of rotatable bonds is 12. The first-order valence-corrected chi connectivity index (χ1v) is 13.4. The van der Waals surface area contributed by atoms with E-state index in [0.29, 0.717) is 24.6 Å². The van der Waals surface area contributed by atoms with Crippen molar-refractivity contribution in [2.24, 2.45) is 10.9 Å². The number of aromatic nitrogens is 2. The highest BCUT2D eigenvalue weighted by molar-refractivity contribution is 7.09. The van der Waals surface area contributed by atoms with Gasteiger partial charge in [-0.3, -0.25) is 14.6 Å². The lowest BCUT2D eigenvalue weighted by Gasteiger charge is -2.20. The minimum atomic E-state index is -0.589. The Morgan fingerprint density at radius 3 is 2.57 bits per heavy atom. The van der Waals surface area contributed by atoms with E-state index < -0.39 is 6.04 Å². The highest BCUT2D eigenvalue weighted by Crippen LogP contribution is 2.28. The largest absolute Gasteiger partial charge is 0.352 e. The lowest BCUT2D eigenvalue weighted by atomic mass is 10.0. The minimum absolute atomic E-state index is 0.102. The van der Waals surface area contributed by atoms with E-state index in [1.54, 1.807) is 17.6 Å². The molecule has 0 saturated carbocycles. The Hall–Kier alpha value is -3.00. The maximum absolute atomic E-state index is 13.2. The molecule has 186 valence electrons. The number of hydrogen-bond acceptors (Lipinski definition) is 5. The van der Waals surface area contributed by atoms with Gasteiger partial charge in [-0.2, -0.15) is 0 Å². The number of hydrogen-bond donors (Lipinski definition) is 2. The van der Waals surface area contributed by atoms with Crippen LogP contribution >= 0.6 is 11.3 Å². The molecule has 3 aromatic rings. The van der Waals surface area contributed by atoms with Crippen LogP contribution in [0.4, 0.5) is 0 Å². The molecule has 1 aliphatic heterocycles. The molecular formula is C27H35N5O2S. The average Bonchev–Trinajstić information content (AvgIpc) is 3.41. The van der Waals surface area contributed by atoms with Gasteiger partial charge in [-0.1, -0.05) is 33.8 Å². The van der Waals surface area contributed by atoms with Crippen molar-refractivity contribution in [3.8, 4) is 0 Å². The molecule has 2 unspecified atom stereocenters. The van der Waals surface area contributed by atoms with E-state index in [-0.39, 0.29) is 23.8 Å². The zero-order valence-electron chi connectivity index (χ0n) is 21.0. The van der Waals surface area contributed by atoms with Crippen molar-refractivity contribution in [1.82, 2.24) is 20.2 Å². The van der Waals surface area contributed by atoms with E-state index in [2.05, 4.69) is 51.6 Å². The highest BCUT2D eigenvalue weighted by atomic mass is 32.1. The maximum Gasteiger partial charge on any atom is 0.252 e. The number of amides is 2. The molecule has 0 aliphatic carbocycles. The number of imidazole rings is 1. The van der Waals surface area contributed by atoms with Crippen molar-refractivity contribution in [2.75, 3.05) is 6.54 Å². The summed E-state index contributed by atoms with van der Waals surface area (Å²) in [5.41, 5.74) is 2.37. The topological polar surface area (TPSA) is 88.4 Å². The van der Waals surface area contributed by atoms with Crippen molar-refractivity contribution in [3.05, 3.63) is 52.0 Å². The van der Waals surface area contributed by atoms with Crippen LogP contribution in [0.25, 0.3) is 11.0 Å². The normalized spacial score (nSPS) is 15.7. The Labute approximate surface area is 211 Å². The van der Waals surface area contributed by atoms with Gasteiger partial charge in [0.2, 0.25) is 5.91 Å². The first-order valence-electron chi connectivity index (χ1n) is 12.5. The molecule has 2 atom stereocenters. The van der Waals surface area contributed by atoms with Crippen LogP contribution in [0.3, 0.4) is 0 Å². The molecule has 8 heteroatoms. The van der Waals surface area contributed by atoms with Gasteiger partial charge in [0.15, 0.2) is 0 Å². The molecule has 1 aromatic carbocycles. The fourth-order valence-electron chi connectivity index (χ4n) is 4.48.